The van der Waals surface area contributed by atoms with E-state index in [4.69, 9.17) is 9.84 Å². The van der Waals surface area contributed by atoms with Gasteiger partial charge in [0.2, 0.25) is 5.91 Å². The third-order valence-corrected chi connectivity index (χ3v) is 5.74. The number of aromatic carboxylic acids is 1. The van der Waals surface area contributed by atoms with Crippen molar-refractivity contribution in [2.45, 2.75) is 25.6 Å². The number of hydrogen-bond acceptors (Lipinski definition) is 4. The highest BCUT2D eigenvalue weighted by molar-refractivity contribution is 5.87. The minimum absolute atomic E-state index is 0.0549. The molecule has 3 aromatic rings. The molecule has 0 aliphatic carbocycles. The Labute approximate surface area is 181 Å². The fourth-order valence-electron chi connectivity index (χ4n) is 3.98. The van der Waals surface area contributed by atoms with Crippen LogP contribution in [0.2, 0.25) is 0 Å². The van der Waals surface area contributed by atoms with Crippen LogP contribution in [-0.4, -0.2) is 47.7 Å². The second kappa shape index (κ2) is 9.29. The molecular weight excluding hydrogens is 392 g/mol. The monoisotopic (exact) mass is 418 g/mol. The highest BCUT2D eigenvalue weighted by Gasteiger charge is 2.26. The normalized spacial score (nSPS) is 17.6. The van der Waals surface area contributed by atoms with Gasteiger partial charge in [-0.3, -0.25) is 4.79 Å². The number of morpholine rings is 1. The fourth-order valence-corrected chi connectivity index (χ4v) is 3.98. The lowest BCUT2D eigenvalue weighted by Crippen LogP contribution is -2.49. The second-order valence-electron chi connectivity index (χ2n) is 7.91. The van der Waals surface area contributed by atoms with E-state index in [9.17, 15) is 9.59 Å². The van der Waals surface area contributed by atoms with Crippen molar-refractivity contribution < 1.29 is 19.4 Å². The first-order chi connectivity index (χ1) is 15.0. The second-order valence-corrected chi connectivity index (χ2v) is 7.91. The average molecular weight is 418 g/mol. The maximum Gasteiger partial charge on any atom is 0.335 e. The molecule has 4 rings (SSSR count). The number of carboxylic acid groups (broad SMARTS) is 1. The number of carboxylic acids is 1. The molecule has 3 aromatic carbocycles. The molecule has 1 amide bonds. The van der Waals surface area contributed by atoms with E-state index < -0.39 is 5.97 Å². The van der Waals surface area contributed by atoms with Crippen molar-refractivity contribution in [2.24, 2.45) is 0 Å². The van der Waals surface area contributed by atoms with Gasteiger partial charge in [-0.25, -0.2) is 4.79 Å². The zero-order chi connectivity index (χ0) is 21.8. The van der Waals surface area contributed by atoms with Crippen molar-refractivity contribution in [1.29, 1.82) is 0 Å². The van der Waals surface area contributed by atoms with Gasteiger partial charge in [0.05, 0.1) is 11.7 Å². The molecule has 2 N–H and O–H groups in total. The van der Waals surface area contributed by atoms with Gasteiger partial charge < -0.3 is 20.1 Å². The van der Waals surface area contributed by atoms with Crippen LogP contribution >= 0.6 is 0 Å². The maximum absolute atomic E-state index is 12.3. The van der Waals surface area contributed by atoms with Gasteiger partial charge >= 0.3 is 5.97 Å². The maximum atomic E-state index is 12.3. The van der Waals surface area contributed by atoms with Crippen LogP contribution < -0.4 is 5.32 Å². The molecule has 1 heterocycles. The smallest absolute Gasteiger partial charge is 0.335 e. The Morgan fingerprint density at radius 3 is 2.65 bits per heavy atom. The van der Waals surface area contributed by atoms with E-state index in [0.29, 0.717) is 19.6 Å². The molecule has 1 fully saturated rings. The number of amides is 1. The number of rotatable bonds is 7. The molecule has 31 heavy (non-hydrogen) atoms. The van der Waals surface area contributed by atoms with Crippen LogP contribution in [-0.2, 0) is 16.1 Å². The van der Waals surface area contributed by atoms with E-state index in [-0.39, 0.29) is 30.2 Å². The van der Waals surface area contributed by atoms with Crippen molar-refractivity contribution in [1.82, 2.24) is 10.2 Å². The molecular formula is C25H26N2O4. The predicted molar refractivity (Wildman–Crippen MR) is 119 cm³/mol. The van der Waals surface area contributed by atoms with E-state index in [1.54, 1.807) is 29.2 Å². The summed E-state index contributed by atoms with van der Waals surface area (Å²) >= 11 is 0. The van der Waals surface area contributed by atoms with Crippen LogP contribution in [0, 0.1) is 0 Å². The largest absolute Gasteiger partial charge is 0.478 e. The standard InChI is InChI=1S/C25H26N2O4/c1-17(22-8-4-6-19-5-2-3-7-23(19)22)26-13-21-15-27(24(28)16-31-21)14-18-9-11-20(12-10-18)25(29)30/h2-12,17,21,26H,13-16H2,1H3,(H,29,30). The summed E-state index contributed by atoms with van der Waals surface area (Å²) in [5, 5.41) is 15.0. The Morgan fingerprint density at radius 2 is 1.87 bits per heavy atom. The molecule has 0 spiro atoms. The Bertz CT molecular complexity index is 1080. The third kappa shape index (κ3) is 4.93. The molecule has 1 aliphatic heterocycles. The number of fused-ring (bicyclic) bond motifs is 1. The molecule has 0 bridgehead atoms. The molecule has 6 heteroatoms. The number of ether oxygens (including phenoxy) is 1. The van der Waals surface area contributed by atoms with Crippen molar-refractivity contribution in [3.63, 3.8) is 0 Å². The van der Waals surface area contributed by atoms with Crippen molar-refractivity contribution in [3.05, 3.63) is 83.4 Å². The Morgan fingerprint density at radius 1 is 1.13 bits per heavy atom. The Kier molecular flexibility index (Phi) is 6.30. The number of benzene rings is 3. The molecule has 0 aromatic heterocycles. The van der Waals surface area contributed by atoms with E-state index in [1.807, 2.05) is 6.07 Å². The first kappa shape index (κ1) is 21.0. The van der Waals surface area contributed by atoms with Gasteiger partial charge in [0.25, 0.3) is 0 Å². The van der Waals surface area contributed by atoms with Crippen LogP contribution in [0.5, 0.6) is 0 Å². The van der Waals surface area contributed by atoms with Gasteiger partial charge in [-0.15, -0.1) is 0 Å². The predicted octanol–water partition coefficient (Wildman–Crippen LogP) is 3.62. The zero-order valence-corrected chi connectivity index (χ0v) is 17.5. The van der Waals surface area contributed by atoms with Crippen LogP contribution in [0.25, 0.3) is 10.8 Å². The molecule has 1 aliphatic rings. The summed E-state index contributed by atoms with van der Waals surface area (Å²) in [5.74, 6) is -1.01. The van der Waals surface area contributed by atoms with Crippen molar-refractivity contribution >= 4 is 22.6 Å². The zero-order valence-electron chi connectivity index (χ0n) is 17.5. The number of carbonyl (C=O) groups is 2. The lowest BCUT2D eigenvalue weighted by atomic mass is 9.99. The minimum Gasteiger partial charge on any atom is -0.478 e. The lowest BCUT2D eigenvalue weighted by Gasteiger charge is -2.33. The van der Waals surface area contributed by atoms with Crippen LogP contribution in [0.15, 0.2) is 66.7 Å². The van der Waals surface area contributed by atoms with Crippen molar-refractivity contribution in [2.75, 3.05) is 19.7 Å². The molecule has 0 radical (unpaired) electrons. The Hall–Kier alpha value is -3.22. The quantitative estimate of drug-likeness (QED) is 0.613. The molecule has 0 saturated carbocycles. The van der Waals surface area contributed by atoms with Crippen LogP contribution in [0.1, 0.15) is 34.5 Å². The molecule has 2 unspecified atom stereocenters. The van der Waals surface area contributed by atoms with Crippen LogP contribution in [0.3, 0.4) is 0 Å². The van der Waals surface area contributed by atoms with E-state index in [0.717, 1.165) is 5.56 Å². The molecule has 160 valence electrons. The topological polar surface area (TPSA) is 78.9 Å². The minimum atomic E-state index is -0.958. The Balaban J connectivity index is 1.37. The van der Waals surface area contributed by atoms with Gasteiger partial charge in [0.15, 0.2) is 0 Å². The summed E-state index contributed by atoms with van der Waals surface area (Å²) in [6.45, 7) is 3.76. The third-order valence-electron chi connectivity index (χ3n) is 5.74. The van der Waals surface area contributed by atoms with Gasteiger partial charge in [-0.1, -0.05) is 54.6 Å². The SMILES string of the molecule is CC(NCC1CN(Cc2ccc(C(=O)O)cc2)C(=O)CO1)c1cccc2ccccc12. The molecule has 1 saturated heterocycles. The molecule has 2 atom stereocenters. The highest BCUT2D eigenvalue weighted by atomic mass is 16.5. The van der Waals surface area contributed by atoms with Crippen LogP contribution in [0.4, 0.5) is 0 Å². The summed E-state index contributed by atoms with van der Waals surface area (Å²) in [6.07, 6.45) is -0.103. The number of nitrogens with one attached hydrogen (secondary N) is 1. The van der Waals surface area contributed by atoms with E-state index in [2.05, 4.69) is 48.6 Å². The summed E-state index contributed by atoms with van der Waals surface area (Å²) in [5.41, 5.74) is 2.37. The van der Waals surface area contributed by atoms with Gasteiger partial charge in [-0.05, 0) is 41.0 Å². The number of nitrogens with zero attached hydrogens (tertiary/aromatic N) is 1. The first-order valence-corrected chi connectivity index (χ1v) is 10.4. The number of carbonyl (C=O) groups excluding carboxylic acids is 1. The summed E-state index contributed by atoms with van der Waals surface area (Å²) < 4.78 is 5.75. The first-order valence-electron chi connectivity index (χ1n) is 10.4. The molecule has 6 nitrogen and oxygen atoms in total. The van der Waals surface area contributed by atoms with E-state index in [1.165, 1.54) is 16.3 Å². The fraction of sp³-hybridized carbons (Fsp3) is 0.280. The lowest BCUT2D eigenvalue weighted by molar-refractivity contribution is -0.149. The summed E-state index contributed by atoms with van der Waals surface area (Å²) in [7, 11) is 0. The summed E-state index contributed by atoms with van der Waals surface area (Å²) in [4.78, 5) is 25.1. The number of hydrogen-bond donors (Lipinski definition) is 2. The van der Waals surface area contributed by atoms with Gasteiger partial charge in [-0.2, -0.15) is 0 Å². The van der Waals surface area contributed by atoms with Gasteiger partial charge in [0.1, 0.15) is 6.61 Å². The highest BCUT2D eigenvalue weighted by Crippen LogP contribution is 2.24. The average Bonchev–Trinajstić information content (AvgIpc) is 2.79. The van der Waals surface area contributed by atoms with E-state index >= 15 is 0 Å². The van der Waals surface area contributed by atoms with Gasteiger partial charge in [0, 0.05) is 25.7 Å². The van der Waals surface area contributed by atoms with Crippen molar-refractivity contribution in [3.8, 4) is 0 Å². The summed E-state index contributed by atoms with van der Waals surface area (Å²) in [6, 6.07) is 21.4.